The molecule has 0 spiro atoms. The van der Waals surface area contributed by atoms with Crippen LogP contribution >= 0.6 is 0 Å². The fraction of sp³-hybridized carbons (Fsp3) is 1.00. The first-order valence-electron chi connectivity index (χ1n) is 6.68. The molecule has 0 aliphatic carbocycles. The second kappa shape index (κ2) is 9.01. The molecule has 0 saturated heterocycles. The zero-order valence-corrected chi connectivity index (χ0v) is 13.3. The van der Waals surface area contributed by atoms with Gasteiger partial charge in [-0.25, -0.2) is 0 Å². The Morgan fingerprint density at radius 1 is 0.889 bits per heavy atom. The summed E-state index contributed by atoms with van der Waals surface area (Å²) in [6, 6.07) is 0.750. The zero-order chi connectivity index (χ0) is 14.1. The highest BCUT2D eigenvalue weighted by Crippen LogP contribution is 2.20. The Balaban J connectivity index is 4.00. The predicted molar refractivity (Wildman–Crippen MR) is 76.1 cm³/mol. The van der Waals surface area contributed by atoms with Crippen molar-refractivity contribution in [1.82, 2.24) is 0 Å². The Morgan fingerprint density at radius 2 is 1.39 bits per heavy atom. The van der Waals surface area contributed by atoms with Gasteiger partial charge in [0.05, 0.1) is 5.66 Å². The van der Waals surface area contributed by atoms with Crippen LogP contribution in [0.3, 0.4) is 0 Å². The monoisotopic (exact) mass is 278 g/mol. The fourth-order valence-corrected chi connectivity index (χ4v) is 3.74. The highest BCUT2D eigenvalue weighted by atomic mass is 28.4. The lowest BCUT2D eigenvalue weighted by molar-refractivity contribution is 0.122. The van der Waals surface area contributed by atoms with Crippen molar-refractivity contribution in [2.75, 3.05) is 21.3 Å². The number of hydrogen-bond donors (Lipinski definition) is 2. The maximum Gasteiger partial charge on any atom is 0.500 e. The normalized spacial score (nSPS) is 13.0. The van der Waals surface area contributed by atoms with Crippen molar-refractivity contribution >= 4 is 8.80 Å². The highest BCUT2D eigenvalue weighted by molar-refractivity contribution is 6.60. The highest BCUT2D eigenvalue weighted by Gasteiger charge is 2.37. The van der Waals surface area contributed by atoms with Gasteiger partial charge in [0.2, 0.25) is 0 Å². The van der Waals surface area contributed by atoms with Crippen molar-refractivity contribution in [3.63, 3.8) is 0 Å². The van der Waals surface area contributed by atoms with Gasteiger partial charge in [-0.1, -0.05) is 26.2 Å². The van der Waals surface area contributed by atoms with Crippen molar-refractivity contribution < 1.29 is 13.3 Å². The summed E-state index contributed by atoms with van der Waals surface area (Å²) >= 11 is 0. The molecular formula is C12H30N2O3Si. The van der Waals surface area contributed by atoms with Crippen LogP contribution < -0.4 is 11.5 Å². The molecule has 0 amide bonds. The third kappa shape index (κ3) is 6.82. The lowest BCUT2D eigenvalue weighted by Gasteiger charge is -2.28. The Morgan fingerprint density at radius 3 is 1.83 bits per heavy atom. The lowest BCUT2D eigenvalue weighted by atomic mass is 9.99. The van der Waals surface area contributed by atoms with Gasteiger partial charge in [-0.15, -0.1) is 0 Å². The Labute approximate surface area is 113 Å². The van der Waals surface area contributed by atoms with E-state index < -0.39 is 14.5 Å². The van der Waals surface area contributed by atoms with E-state index in [9.17, 15) is 0 Å². The molecule has 18 heavy (non-hydrogen) atoms. The van der Waals surface area contributed by atoms with E-state index in [0.29, 0.717) is 0 Å². The minimum absolute atomic E-state index is 0.579. The molecule has 0 unspecified atom stereocenters. The maximum atomic E-state index is 6.08. The Kier molecular flexibility index (Phi) is 9.01. The second-order valence-corrected chi connectivity index (χ2v) is 7.93. The molecule has 0 aromatic carbocycles. The summed E-state index contributed by atoms with van der Waals surface area (Å²) in [6.45, 7) is 2.17. The SMILES string of the molecule is CCCCCC(N)(N)CCC[Si](OC)(OC)OC. The summed E-state index contributed by atoms with van der Waals surface area (Å²) in [5, 5.41) is 0. The first-order chi connectivity index (χ1) is 8.45. The van der Waals surface area contributed by atoms with Gasteiger partial charge in [-0.3, -0.25) is 0 Å². The van der Waals surface area contributed by atoms with Gasteiger partial charge in [0.15, 0.2) is 0 Å². The van der Waals surface area contributed by atoms with E-state index >= 15 is 0 Å². The molecule has 6 heteroatoms. The summed E-state index contributed by atoms with van der Waals surface area (Å²) in [5.41, 5.74) is 11.6. The number of nitrogens with two attached hydrogens (primary N) is 2. The number of hydrogen-bond acceptors (Lipinski definition) is 5. The molecule has 0 bridgehead atoms. The summed E-state index contributed by atoms with van der Waals surface area (Å²) in [7, 11) is 2.40. The summed E-state index contributed by atoms with van der Waals surface area (Å²) in [6.07, 6.45) is 5.95. The van der Waals surface area contributed by atoms with Gasteiger partial charge in [0, 0.05) is 27.4 Å². The van der Waals surface area contributed by atoms with Crippen molar-refractivity contribution in [3.8, 4) is 0 Å². The van der Waals surface area contributed by atoms with E-state index in [-0.39, 0.29) is 0 Å². The average Bonchev–Trinajstić information content (AvgIpc) is 2.35. The Bertz CT molecular complexity index is 203. The molecule has 0 rings (SSSR count). The van der Waals surface area contributed by atoms with E-state index in [0.717, 1.165) is 31.7 Å². The van der Waals surface area contributed by atoms with Gasteiger partial charge in [0.1, 0.15) is 0 Å². The summed E-state index contributed by atoms with van der Waals surface area (Å²) in [5.74, 6) is 0. The lowest BCUT2D eigenvalue weighted by Crippen LogP contribution is -2.50. The van der Waals surface area contributed by atoms with Gasteiger partial charge in [-0.2, -0.15) is 0 Å². The van der Waals surface area contributed by atoms with E-state index in [2.05, 4.69) is 6.92 Å². The van der Waals surface area contributed by atoms with Crippen LogP contribution in [0.5, 0.6) is 0 Å². The van der Waals surface area contributed by atoms with Gasteiger partial charge in [0.25, 0.3) is 0 Å². The minimum Gasteiger partial charge on any atom is -0.377 e. The largest absolute Gasteiger partial charge is 0.500 e. The smallest absolute Gasteiger partial charge is 0.377 e. The van der Waals surface area contributed by atoms with Crippen LogP contribution in [-0.4, -0.2) is 35.8 Å². The van der Waals surface area contributed by atoms with Gasteiger partial charge in [-0.05, 0) is 19.3 Å². The first-order valence-corrected chi connectivity index (χ1v) is 8.61. The summed E-state index contributed by atoms with van der Waals surface area (Å²) in [4.78, 5) is 0. The van der Waals surface area contributed by atoms with E-state index in [1.165, 1.54) is 12.8 Å². The molecule has 0 aliphatic rings. The van der Waals surface area contributed by atoms with Gasteiger partial charge >= 0.3 is 8.80 Å². The van der Waals surface area contributed by atoms with Crippen molar-refractivity contribution in [2.45, 2.75) is 57.2 Å². The molecule has 4 N–H and O–H groups in total. The standard InChI is InChI=1S/C12H30N2O3Si/c1-5-6-7-9-12(13,14)10-8-11-18(15-2,16-3)17-4/h5-11,13-14H2,1-4H3. The molecule has 0 saturated carbocycles. The van der Waals surface area contributed by atoms with Crippen molar-refractivity contribution in [1.29, 1.82) is 0 Å². The van der Waals surface area contributed by atoms with Crippen molar-refractivity contribution in [3.05, 3.63) is 0 Å². The molecular weight excluding hydrogens is 248 g/mol. The minimum atomic E-state index is -2.47. The number of rotatable bonds is 11. The zero-order valence-electron chi connectivity index (χ0n) is 12.3. The molecule has 0 aromatic rings. The maximum absolute atomic E-state index is 6.08. The molecule has 0 fully saturated rings. The topological polar surface area (TPSA) is 79.7 Å². The van der Waals surface area contributed by atoms with Gasteiger partial charge < -0.3 is 24.7 Å². The predicted octanol–water partition coefficient (Wildman–Crippen LogP) is 1.84. The summed E-state index contributed by atoms with van der Waals surface area (Å²) < 4.78 is 16.1. The number of unbranched alkanes of at least 4 members (excludes halogenated alkanes) is 2. The molecule has 110 valence electrons. The molecule has 0 aliphatic heterocycles. The molecule has 5 nitrogen and oxygen atoms in total. The first kappa shape index (κ1) is 18.0. The molecule has 0 aromatic heterocycles. The van der Waals surface area contributed by atoms with Crippen LogP contribution in [0.25, 0.3) is 0 Å². The quantitative estimate of drug-likeness (QED) is 0.342. The second-order valence-electron chi connectivity index (χ2n) is 4.84. The molecule has 0 atom stereocenters. The van der Waals surface area contributed by atoms with Crippen molar-refractivity contribution in [2.24, 2.45) is 11.5 Å². The molecule has 0 heterocycles. The molecule has 0 radical (unpaired) electrons. The van der Waals surface area contributed by atoms with Crippen LogP contribution in [0.2, 0.25) is 6.04 Å². The third-order valence-corrected chi connectivity index (χ3v) is 6.14. The van der Waals surface area contributed by atoms with E-state index in [1.54, 1.807) is 21.3 Å². The van der Waals surface area contributed by atoms with Crippen LogP contribution in [0.15, 0.2) is 0 Å². The fourth-order valence-electron chi connectivity index (χ4n) is 2.02. The Hall–Kier alpha value is 0.0169. The van der Waals surface area contributed by atoms with E-state index in [1.807, 2.05) is 0 Å². The average molecular weight is 278 g/mol. The van der Waals surface area contributed by atoms with E-state index in [4.69, 9.17) is 24.7 Å². The van der Waals surface area contributed by atoms with Crippen LogP contribution in [0.4, 0.5) is 0 Å². The van der Waals surface area contributed by atoms with Crippen LogP contribution in [0, 0.1) is 0 Å². The third-order valence-electron chi connectivity index (χ3n) is 3.30. The van der Waals surface area contributed by atoms with Crippen LogP contribution in [-0.2, 0) is 13.3 Å². The van der Waals surface area contributed by atoms with Crippen LogP contribution in [0.1, 0.15) is 45.4 Å².